The second-order valence-electron chi connectivity index (χ2n) is 3.27. The highest BCUT2D eigenvalue weighted by molar-refractivity contribution is 7.20. The molecule has 0 aromatic carbocycles. The molecule has 0 spiro atoms. The van der Waals surface area contributed by atoms with Crippen LogP contribution in [0.4, 0.5) is 0 Å². The average Bonchev–Trinajstić information content (AvgIpc) is 2.56. The number of nitrogens with two attached hydrogens (primary N) is 1. The van der Waals surface area contributed by atoms with E-state index in [0.29, 0.717) is 4.34 Å². The first-order chi connectivity index (χ1) is 8.31. The quantitative estimate of drug-likeness (QED) is 0.756. The molecular weight excluding hydrogens is 303 g/mol. The number of hydrogen-bond acceptors (Lipinski definition) is 4. The number of carboxylic acids is 1. The number of amides is 2. The van der Waals surface area contributed by atoms with Crippen LogP contribution < -0.4 is 11.1 Å². The van der Waals surface area contributed by atoms with Gasteiger partial charge in [-0.05, 0) is 6.07 Å². The van der Waals surface area contributed by atoms with Gasteiger partial charge >= 0.3 is 5.97 Å². The van der Waals surface area contributed by atoms with Gasteiger partial charge in [-0.2, -0.15) is 0 Å². The number of thiophene rings is 1. The number of carbonyl (C=O) groups excluding carboxylic acids is 2. The van der Waals surface area contributed by atoms with Gasteiger partial charge in [0.2, 0.25) is 5.91 Å². The van der Waals surface area contributed by atoms with Crippen LogP contribution in [0.25, 0.3) is 0 Å². The van der Waals surface area contributed by atoms with Crippen LogP contribution in [0.15, 0.2) is 6.07 Å². The molecule has 9 heteroatoms. The van der Waals surface area contributed by atoms with Gasteiger partial charge in [0.25, 0.3) is 5.91 Å². The molecule has 0 saturated heterocycles. The fourth-order valence-electron chi connectivity index (χ4n) is 1.13. The SMILES string of the molecule is NC(=O)CC(NC(=O)c1cc(Cl)sc1Cl)C(=O)O. The van der Waals surface area contributed by atoms with Crippen molar-refractivity contribution in [2.75, 3.05) is 0 Å². The van der Waals surface area contributed by atoms with E-state index in [9.17, 15) is 14.4 Å². The molecule has 1 aromatic heterocycles. The molecule has 18 heavy (non-hydrogen) atoms. The van der Waals surface area contributed by atoms with Crippen molar-refractivity contribution < 1.29 is 19.5 Å². The Bertz CT molecular complexity index is 503. The van der Waals surface area contributed by atoms with Crippen molar-refractivity contribution in [3.05, 3.63) is 20.3 Å². The number of primary amides is 1. The molecule has 6 nitrogen and oxygen atoms in total. The van der Waals surface area contributed by atoms with Crippen molar-refractivity contribution in [3.8, 4) is 0 Å². The van der Waals surface area contributed by atoms with E-state index in [1.165, 1.54) is 6.07 Å². The first kappa shape index (κ1) is 14.7. The second-order valence-corrected chi connectivity index (χ2v) is 5.56. The second kappa shape index (κ2) is 6.03. The first-order valence-electron chi connectivity index (χ1n) is 4.58. The van der Waals surface area contributed by atoms with Crippen LogP contribution in [0.5, 0.6) is 0 Å². The van der Waals surface area contributed by atoms with Crippen molar-refractivity contribution in [3.63, 3.8) is 0 Å². The predicted molar refractivity (Wildman–Crippen MR) is 67.0 cm³/mol. The van der Waals surface area contributed by atoms with Crippen LogP contribution in [0.3, 0.4) is 0 Å². The van der Waals surface area contributed by atoms with Crippen molar-refractivity contribution in [2.45, 2.75) is 12.5 Å². The van der Waals surface area contributed by atoms with Gasteiger partial charge in [0.15, 0.2) is 0 Å². The van der Waals surface area contributed by atoms with Gasteiger partial charge in [-0.25, -0.2) is 4.79 Å². The lowest BCUT2D eigenvalue weighted by molar-refractivity contribution is -0.140. The van der Waals surface area contributed by atoms with E-state index < -0.39 is 30.2 Å². The zero-order chi connectivity index (χ0) is 13.9. The number of carboxylic acid groups (broad SMARTS) is 1. The highest BCUT2D eigenvalue weighted by Gasteiger charge is 2.24. The summed E-state index contributed by atoms with van der Waals surface area (Å²) in [6.45, 7) is 0. The Labute approximate surface area is 116 Å². The van der Waals surface area contributed by atoms with Gasteiger partial charge in [0, 0.05) is 0 Å². The van der Waals surface area contributed by atoms with E-state index in [1.807, 2.05) is 0 Å². The molecule has 4 N–H and O–H groups in total. The summed E-state index contributed by atoms with van der Waals surface area (Å²) >= 11 is 12.4. The Kier molecular flexibility index (Phi) is 4.94. The largest absolute Gasteiger partial charge is 0.480 e. The maximum absolute atomic E-state index is 11.7. The van der Waals surface area contributed by atoms with Gasteiger partial charge in [-0.15, -0.1) is 11.3 Å². The lowest BCUT2D eigenvalue weighted by Gasteiger charge is -2.12. The van der Waals surface area contributed by atoms with Crippen LogP contribution in [-0.2, 0) is 9.59 Å². The normalized spacial score (nSPS) is 11.9. The summed E-state index contributed by atoms with van der Waals surface area (Å²) in [7, 11) is 0. The number of aliphatic carboxylic acids is 1. The fraction of sp³-hybridized carbons (Fsp3) is 0.222. The first-order valence-corrected chi connectivity index (χ1v) is 6.15. The van der Waals surface area contributed by atoms with E-state index in [1.54, 1.807) is 0 Å². The van der Waals surface area contributed by atoms with E-state index >= 15 is 0 Å². The summed E-state index contributed by atoms with van der Waals surface area (Å²) in [4.78, 5) is 33.2. The molecule has 98 valence electrons. The summed E-state index contributed by atoms with van der Waals surface area (Å²) in [6.07, 6.45) is -0.503. The molecule has 0 saturated carbocycles. The summed E-state index contributed by atoms with van der Waals surface area (Å²) in [5.74, 6) is -2.92. The van der Waals surface area contributed by atoms with Gasteiger partial charge < -0.3 is 16.2 Å². The van der Waals surface area contributed by atoms with E-state index in [-0.39, 0.29) is 9.90 Å². The van der Waals surface area contributed by atoms with E-state index in [0.717, 1.165) is 11.3 Å². The molecule has 0 aliphatic rings. The van der Waals surface area contributed by atoms with Crippen LogP contribution in [0.2, 0.25) is 8.67 Å². The third kappa shape index (κ3) is 3.86. The Morgan fingerprint density at radius 2 is 2.06 bits per heavy atom. The average molecular weight is 311 g/mol. The van der Waals surface area contributed by atoms with Gasteiger partial charge in [-0.3, -0.25) is 9.59 Å². The van der Waals surface area contributed by atoms with Crippen LogP contribution >= 0.6 is 34.5 Å². The predicted octanol–water partition coefficient (Wildman–Crippen LogP) is 1.11. The number of hydrogen-bond donors (Lipinski definition) is 3. The van der Waals surface area contributed by atoms with Crippen molar-refractivity contribution in [1.82, 2.24) is 5.32 Å². The summed E-state index contributed by atoms with van der Waals surface area (Å²) in [5, 5.41) is 11.0. The summed E-state index contributed by atoms with van der Waals surface area (Å²) in [5.41, 5.74) is 4.94. The molecule has 0 fully saturated rings. The van der Waals surface area contributed by atoms with Crippen molar-refractivity contribution in [1.29, 1.82) is 0 Å². The summed E-state index contributed by atoms with van der Waals surface area (Å²) < 4.78 is 0.438. The minimum absolute atomic E-state index is 0.0578. The zero-order valence-corrected chi connectivity index (χ0v) is 11.1. The Morgan fingerprint density at radius 3 is 2.44 bits per heavy atom. The smallest absolute Gasteiger partial charge is 0.326 e. The van der Waals surface area contributed by atoms with Crippen molar-refractivity contribution >= 4 is 52.3 Å². The standard InChI is InChI=1S/C9H8Cl2N2O4S/c10-5-1-3(7(11)18-5)8(15)13-4(9(16)17)2-6(12)14/h1,4H,2H2,(H2,12,14)(H,13,15)(H,16,17). The highest BCUT2D eigenvalue weighted by Crippen LogP contribution is 2.31. The van der Waals surface area contributed by atoms with Gasteiger partial charge in [-0.1, -0.05) is 23.2 Å². The molecule has 0 radical (unpaired) electrons. The lowest BCUT2D eigenvalue weighted by atomic mass is 10.2. The molecular formula is C9H8Cl2N2O4S. The third-order valence-electron chi connectivity index (χ3n) is 1.91. The summed E-state index contributed by atoms with van der Waals surface area (Å²) in [6, 6.07) is -0.0858. The Balaban J connectivity index is 2.81. The lowest BCUT2D eigenvalue weighted by Crippen LogP contribution is -2.43. The van der Waals surface area contributed by atoms with Gasteiger partial charge in [0.05, 0.1) is 16.3 Å². The maximum atomic E-state index is 11.7. The Morgan fingerprint density at radius 1 is 1.44 bits per heavy atom. The number of nitrogens with one attached hydrogen (secondary N) is 1. The van der Waals surface area contributed by atoms with Gasteiger partial charge in [0.1, 0.15) is 10.4 Å². The van der Waals surface area contributed by atoms with Crippen LogP contribution in [0.1, 0.15) is 16.8 Å². The topological polar surface area (TPSA) is 109 Å². The molecule has 1 aromatic rings. The maximum Gasteiger partial charge on any atom is 0.326 e. The minimum atomic E-state index is -1.40. The van der Waals surface area contributed by atoms with E-state index in [2.05, 4.69) is 5.32 Å². The molecule has 1 heterocycles. The zero-order valence-electron chi connectivity index (χ0n) is 8.78. The van der Waals surface area contributed by atoms with Crippen molar-refractivity contribution in [2.24, 2.45) is 5.73 Å². The number of rotatable bonds is 5. The highest BCUT2D eigenvalue weighted by atomic mass is 35.5. The molecule has 2 amide bonds. The number of carbonyl (C=O) groups is 3. The molecule has 1 unspecified atom stereocenters. The third-order valence-corrected chi connectivity index (χ3v) is 3.40. The monoisotopic (exact) mass is 310 g/mol. The number of halogens is 2. The van der Waals surface area contributed by atoms with E-state index in [4.69, 9.17) is 34.0 Å². The Hall–Kier alpha value is -1.31. The molecule has 0 bridgehead atoms. The minimum Gasteiger partial charge on any atom is -0.480 e. The molecule has 1 atom stereocenters. The molecule has 0 aliphatic heterocycles. The van der Waals surface area contributed by atoms with Crippen LogP contribution in [0, 0.1) is 0 Å². The fourth-order valence-corrected chi connectivity index (χ4v) is 2.59. The molecule has 0 aliphatic carbocycles. The van der Waals surface area contributed by atoms with Crippen LogP contribution in [-0.4, -0.2) is 28.9 Å². The molecule has 1 rings (SSSR count).